The molecule has 0 aliphatic carbocycles. The van der Waals surface area contributed by atoms with E-state index in [-0.39, 0.29) is 41.6 Å². The summed E-state index contributed by atoms with van der Waals surface area (Å²) in [5, 5.41) is 3.83. The number of pyridine rings is 1. The molecule has 0 spiro atoms. The summed E-state index contributed by atoms with van der Waals surface area (Å²) in [7, 11) is 3.14. The lowest BCUT2D eigenvalue weighted by atomic mass is 10.1. The van der Waals surface area contributed by atoms with Crippen LogP contribution in [-0.2, 0) is 18.4 Å². The minimum Gasteiger partial charge on any atom is -0.493 e. The van der Waals surface area contributed by atoms with Gasteiger partial charge >= 0.3 is 0 Å². The molecule has 0 saturated carbocycles. The number of ether oxygens (including phenoxy) is 1. The van der Waals surface area contributed by atoms with Crippen LogP contribution in [0.25, 0.3) is 21.8 Å². The highest BCUT2D eigenvalue weighted by atomic mass is 16.5. The van der Waals surface area contributed by atoms with Crippen molar-refractivity contribution in [2.45, 2.75) is 19.4 Å². The fourth-order valence-electron chi connectivity index (χ4n) is 5.12. The standard InChI is InChI=1S/C28H28N4O5/c1-30-24-19-11-6-7-12-20(19)32(17-21(33)18-9-4-3-5-10-18)28(36)23(24)26(37-2)25(30)27(35)29-14-16-31-15-8-13-22(31)34/h3-7,9-12H,8,13-17H2,1-2H3,(H,29,35). The first kappa shape index (κ1) is 24.3. The third-order valence-electron chi connectivity index (χ3n) is 6.91. The normalized spacial score (nSPS) is 13.5. The van der Waals surface area contributed by atoms with E-state index in [1.165, 1.54) is 11.7 Å². The van der Waals surface area contributed by atoms with E-state index in [2.05, 4.69) is 5.32 Å². The van der Waals surface area contributed by atoms with Gasteiger partial charge in [-0.1, -0.05) is 48.5 Å². The number of aromatic nitrogens is 2. The van der Waals surface area contributed by atoms with Crippen LogP contribution in [0.5, 0.6) is 5.75 Å². The maximum Gasteiger partial charge on any atom is 0.271 e. The Kier molecular flexibility index (Phi) is 6.52. The third-order valence-corrected chi connectivity index (χ3v) is 6.91. The number of carbonyl (C=O) groups is 3. The van der Waals surface area contributed by atoms with Crippen molar-refractivity contribution in [3.8, 4) is 5.75 Å². The van der Waals surface area contributed by atoms with Crippen molar-refractivity contribution in [2.24, 2.45) is 7.05 Å². The van der Waals surface area contributed by atoms with Gasteiger partial charge in [0.05, 0.1) is 24.7 Å². The molecule has 9 heteroatoms. The second-order valence-corrected chi connectivity index (χ2v) is 9.10. The van der Waals surface area contributed by atoms with Gasteiger partial charge in [-0.15, -0.1) is 0 Å². The van der Waals surface area contributed by atoms with Crippen molar-refractivity contribution >= 4 is 39.4 Å². The number of nitrogens with one attached hydrogen (secondary N) is 1. The number of hydrogen-bond acceptors (Lipinski definition) is 5. The van der Waals surface area contributed by atoms with Crippen molar-refractivity contribution in [3.05, 3.63) is 76.2 Å². The van der Waals surface area contributed by atoms with Gasteiger partial charge in [0.15, 0.2) is 17.2 Å². The molecule has 1 N–H and O–H groups in total. The lowest BCUT2D eigenvalue weighted by molar-refractivity contribution is -0.127. The summed E-state index contributed by atoms with van der Waals surface area (Å²) < 4.78 is 8.73. The number of Topliss-reactive ketones (excluding diaryl/α,β-unsaturated/α-hetero) is 1. The van der Waals surface area contributed by atoms with E-state index < -0.39 is 11.5 Å². The number of hydrogen-bond donors (Lipinski definition) is 1. The summed E-state index contributed by atoms with van der Waals surface area (Å²) in [4.78, 5) is 53.8. The van der Waals surface area contributed by atoms with Gasteiger partial charge in [0.2, 0.25) is 5.91 Å². The topological polar surface area (TPSA) is 103 Å². The minimum atomic E-state index is -0.410. The molecule has 1 aliphatic rings. The van der Waals surface area contributed by atoms with Gasteiger partial charge in [0.1, 0.15) is 5.39 Å². The highest BCUT2D eigenvalue weighted by molar-refractivity contribution is 6.12. The molecule has 1 fully saturated rings. The summed E-state index contributed by atoms with van der Waals surface area (Å²) in [5.74, 6) is -0.355. The number of methoxy groups -OCH3 is 1. The molecule has 5 rings (SSSR count). The molecule has 3 heterocycles. The smallest absolute Gasteiger partial charge is 0.271 e. The molecule has 2 aromatic carbocycles. The lowest BCUT2D eigenvalue weighted by Gasteiger charge is -2.16. The summed E-state index contributed by atoms with van der Waals surface area (Å²) in [6, 6.07) is 16.1. The van der Waals surface area contributed by atoms with Gasteiger partial charge in [-0.25, -0.2) is 0 Å². The second kappa shape index (κ2) is 9.93. The fourth-order valence-corrected chi connectivity index (χ4v) is 5.12. The fraction of sp³-hybridized carbons (Fsp3) is 0.286. The summed E-state index contributed by atoms with van der Waals surface area (Å²) in [6.07, 6.45) is 1.37. The lowest BCUT2D eigenvalue weighted by Crippen LogP contribution is -2.36. The van der Waals surface area contributed by atoms with E-state index >= 15 is 0 Å². The van der Waals surface area contributed by atoms with Crippen molar-refractivity contribution in [2.75, 3.05) is 26.7 Å². The van der Waals surface area contributed by atoms with Gasteiger partial charge in [-0.3, -0.25) is 23.7 Å². The first-order valence-electron chi connectivity index (χ1n) is 12.2. The average Bonchev–Trinajstić information content (AvgIpc) is 3.46. The van der Waals surface area contributed by atoms with Gasteiger partial charge in [0.25, 0.3) is 11.5 Å². The monoisotopic (exact) mass is 500 g/mol. The Morgan fingerprint density at radius 3 is 2.46 bits per heavy atom. The maximum absolute atomic E-state index is 13.8. The number of benzene rings is 2. The van der Waals surface area contributed by atoms with E-state index in [1.807, 2.05) is 24.3 Å². The van der Waals surface area contributed by atoms with E-state index in [1.54, 1.807) is 46.8 Å². The molecule has 4 aromatic rings. The molecule has 2 aromatic heterocycles. The van der Waals surface area contributed by atoms with Crippen molar-refractivity contribution in [1.29, 1.82) is 0 Å². The highest BCUT2D eigenvalue weighted by Crippen LogP contribution is 2.34. The number of para-hydroxylation sites is 1. The first-order chi connectivity index (χ1) is 17.9. The largest absolute Gasteiger partial charge is 0.493 e. The number of amides is 2. The zero-order valence-electron chi connectivity index (χ0n) is 20.8. The number of fused-ring (bicyclic) bond motifs is 3. The van der Waals surface area contributed by atoms with Crippen LogP contribution in [0, 0.1) is 0 Å². The van der Waals surface area contributed by atoms with Crippen LogP contribution in [-0.4, -0.2) is 58.4 Å². The molecule has 9 nitrogen and oxygen atoms in total. The zero-order chi connectivity index (χ0) is 26.1. The average molecular weight is 501 g/mol. The first-order valence-corrected chi connectivity index (χ1v) is 12.2. The van der Waals surface area contributed by atoms with Crippen molar-refractivity contribution < 1.29 is 19.1 Å². The molecule has 0 atom stereocenters. The van der Waals surface area contributed by atoms with E-state index in [4.69, 9.17) is 4.74 Å². The molecule has 2 amide bonds. The summed E-state index contributed by atoms with van der Waals surface area (Å²) in [5.41, 5.74) is 1.45. The number of likely N-dealkylation sites (tertiary alicyclic amines) is 1. The molecule has 190 valence electrons. The maximum atomic E-state index is 13.8. The van der Waals surface area contributed by atoms with E-state index in [0.717, 1.165) is 11.8 Å². The van der Waals surface area contributed by atoms with Gasteiger partial charge in [-0.2, -0.15) is 0 Å². The third kappa shape index (κ3) is 4.26. The molecule has 0 radical (unpaired) electrons. The number of nitrogens with zero attached hydrogens (tertiary/aromatic N) is 3. The van der Waals surface area contributed by atoms with Crippen molar-refractivity contribution in [3.63, 3.8) is 0 Å². The molecular weight excluding hydrogens is 472 g/mol. The molecule has 0 unspecified atom stereocenters. The number of rotatable bonds is 8. The SMILES string of the molecule is COc1c(C(=O)NCCN2CCCC2=O)n(C)c2c1c(=O)n(CC(=O)c1ccccc1)c1ccccc21. The minimum absolute atomic E-state index is 0.0912. The Morgan fingerprint density at radius 1 is 1.03 bits per heavy atom. The Bertz CT molecular complexity index is 1590. The van der Waals surface area contributed by atoms with Crippen LogP contribution in [0.2, 0.25) is 0 Å². The van der Waals surface area contributed by atoms with Crippen LogP contribution in [0.4, 0.5) is 0 Å². The molecule has 1 saturated heterocycles. The Labute approximate surface area is 213 Å². The molecular formula is C28H28N4O5. The summed E-state index contributed by atoms with van der Waals surface area (Å²) >= 11 is 0. The van der Waals surface area contributed by atoms with Gasteiger partial charge in [0, 0.05) is 44.1 Å². The van der Waals surface area contributed by atoms with Gasteiger partial charge < -0.3 is 19.5 Å². The van der Waals surface area contributed by atoms with Gasteiger partial charge in [-0.05, 0) is 12.5 Å². The number of carbonyl (C=O) groups excluding carboxylic acids is 3. The predicted molar refractivity (Wildman–Crippen MR) is 140 cm³/mol. The Hall–Kier alpha value is -4.40. The number of ketones is 1. The van der Waals surface area contributed by atoms with Crippen LogP contribution in [0.3, 0.4) is 0 Å². The van der Waals surface area contributed by atoms with Crippen LogP contribution in [0.15, 0.2) is 59.4 Å². The van der Waals surface area contributed by atoms with E-state index in [0.29, 0.717) is 36.1 Å². The zero-order valence-corrected chi connectivity index (χ0v) is 20.8. The Balaban J connectivity index is 1.58. The molecule has 37 heavy (non-hydrogen) atoms. The molecule has 1 aliphatic heterocycles. The summed E-state index contributed by atoms with van der Waals surface area (Å²) in [6.45, 7) is 1.25. The van der Waals surface area contributed by atoms with Crippen molar-refractivity contribution in [1.82, 2.24) is 19.4 Å². The van der Waals surface area contributed by atoms with E-state index in [9.17, 15) is 19.2 Å². The Morgan fingerprint density at radius 2 is 1.76 bits per heavy atom. The predicted octanol–water partition coefficient (Wildman–Crippen LogP) is 2.74. The number of aryl methyl sites for hydroxylation is 1. The molecule has 0 bridgehead atoms. The van der Waals surface area contributed by atoms with Crippen LogP contribution < -0.4 is 15.6 Å². The second-order valence-electron chi connectivity index (χ2n) is 9.10. The van der Waals surface area contributed by atoms with Crippen LogP contribution in [0.1, 0.15) is 33.7 Å². The van der Waals surface area contributed by atoms with Crippen LogP contribution >= 0.6 is 0 Å². The highest BCUT2D eigenvalue weighted by Gasteiger charge is 2.28. The quantitative estimate of drug-likeness (QED) is 0.375.